The van der Waals surface area contributed by atoms with Gasteiger partial charge in [0.25, 0.3) is 5.91 Å². The second kappa shape index (κ2) is 9.03. The highest BCUT2D eigenvalue weighted by Crippen LogP contribution is 2.21. The molecule has 148 valence electrons. The highest BCUT2D eigenvalue weighted by molar-refractivity contribution is 6.04. The van der Waals surface area contributed by atoms with Crippen LogP contribution in [0.4, 0.5) is 16.2 Å². The predicted molar refractivity (Wildman–Crippen MR) is 107 cm³/mol. The number of amides is 2. The molecule has 2 aromatic rings. The molecule has 0 aliphatic heterocycles. The standard InChI is InChI=1S/C21H24N2O5/c1-5-27-20(26)28-17-11-9-14(10-12-17)18(24)22-15-7-6-8-16(13-15)23-19(25)21(2,3)4/h6-13H,5H2,1-4H3,(H,22,24)(H,23,25). The molecule has 0 heterocycles. The molecule has 2 N–H and O–H groups in total. The Hall–Kier alpha value is -3.35. The molecule has 0 fully saturated rings. The van der Waals surface area contributed by atoms with Crippen molar-refractivity contribution >= 4 is 29.3 Å². The minimum Gasteiger partial charge on any atom is -0.434 e. The maximum atomic E-state index is 12.4. The minimum atomic E-state index is -0.797. The van der Waals surface area contributed by atoms with Gasteiger partial charge in [-0.1, -0.05) is 26.8 Å². The fourth-order valence-electron chi connectivity index (χ4n) is 2.11. The minimum absolute atomic E-state index is 0.117. The van der Waals surface area contributed by atoms with E-state index in [-0.39, 0.29) is 24.2 Å². The normalized spacial score (nSPS) is 10.7. The summed E-state index contributed by atoms with van der Waals surface area (Å²) in [6.45, 7) is 7.36. The molecular weight excluding hydrogens is 360 g/mol. The number of hydrogen-bond acceptors (Lipinski definition) is 5. The van der Waals surface area contributed by atoms with E-state index in [1.807, 2.05) is 20.8 Å². The van der Waals surface area contributed by atoms with E-state index in [4.69, 9.17) is 9.47 Å². The summed E-state index contributed by atoms with van der Waals surface area (Å²) in [5.74, 6) is -0.169. The first-order chi connectivity index (χ1) is 13.2. The molecule has 7 heteroatoms. The van der Waals surface area contributed by atoms with Crippen LogP contribution in [0.5, 0.6) is 5.75 Å². The van der Waals surface area contributed by atoms with E-state index in [1.54, 1.807) is 31.2 Å². The Labute approximate surface area is 164 Å². The molecule has 0 saturated heterocycles. The van der Waals surface area contributed by atoms with E-state index < -0.39 is 11.6 Å². The first-order valence-electron chi connectivity index (χ1n) is 8.86. The number of benzene rings is 2. The monoisotopic (exact) mass is 384 g/mol. The molecule has 2 amide bonds. The van der Waals surface area contributed by atoms with Crippen LogP contribution in [0.1, 0.15) is 38.1 Å². The molecule has 0 saturated carbocycles. The zero-order valence-corrected chi connectivity index (χ0v) is 16.4. The third-order valence-electron chi connectivity index (χ3n) is 3.64. The average Bonchev–Trinajstić information content (AvgIpc) is 2.62. The van der Waals surface area contributed by atoms with Gasteiger partial charge in [-0.2, -0.15) is 0 Å². The van der Waals surface area contributed by atoms with Crippen LogP contribution < -0.4 is 15.4 Å². The van der Waals surface area contributed by atoms with Gasteiger partial charge in [0.1, 0.15) is 5.75 Å². The number of hydrogen-bond donors (Lipinski definition) is 2. The van der Waals surface area contributed by atoms with Gasteiger partial charge in [-0.3, -0.25) is 9.59 Å². The zero-order chi connectivity index (χ0) is 20.7. The fourth-order valence-corrected chi connectivity index (χ4v) is 2.11. The molecule has 0 unspecified atom stereocenters. The van der Waals surface area contributed by atoms with E-state index in [9.17, 15) is 14.4 Å². The van der Waals surface area contributed by atoms with Crippen molar-refractivity contribution in [2.75, 3.05) is 17.2 Å². The lowest BCUT2D eigenvalue weighted by molar-refractivity contribution is -0.123. The number of nitrogens with one attached hydrogen (secondary N) is 2. The molecule has 0 aliphatic rings. The van der Waals surface area contributed by atoms with Gasteiger partial charge in [-0.15, -0.1) is 0 Å². The Morgan fingerprint density at radius 1 is 0.929 bits per heavy atom. The first-order valence-corrected chi connectivity index (χ1v) is 8.86. The zero-order valence-electron chi connectivity index (χ0n) is 16.4. The number of carbonyl (C=O) groups is 3. The van der Waals surface area contributed by atoms with Crippen molar-refractivity contribution in [3.8, 4) is 5.75 Å². The van der Waals surface area contributed by atoms with Crippen molar-refractivity contribution in [1.29, 1.82) is 0 Å². The van der Waals surface area contributed by atoms with Crippen LogP contribution in [0, 0.1) is 5.41 Å². The second-order valence-electron chi connectivity index (χ2n) is 7.05. The van der Waals surface area contributed by atoms with Gasteiger partial charge in [-0.25, -0.2) is 4.79 Å². The largest absolute Gasteiger partial charge is 0.513 e. The van der Waals surface area contributed by atoms with Gasteiger partial charge in [0.2, 0.25) is 5.91 Å². The van der Waals surface area contributed by atoms with Crippen LogP contribution >= 0.6 is 0 Å². The van der Waals surface area contributed by atoms with Gasteiger partial charge >= 0.3 is 6.16 Å². The van der Waals surface area contributed by atoms with Gasteiger partial charge in [0, 0.05) is 22.4 Å². The van der Waals surface area contributed by atoms with Gasteiger partial charge in [0.05, 0.1) is 6.61 Å². The first kappa shape index (κ1) is 21.0. The average molecular weight is 384 g/mol. The summed E-state index contributed by atoms with van der Waals surface area (Å²) in [5, 5.41) is 5.59. The smallest absolute Gasteiger partial charge is 0.434 e. The Morgan fingerprint density at radius 3 is 2.11 bits per heavy atom. The van der Waals surface area contributed by atoms with E-state index >= 15 is 0 Å². The lowest BCUT2D eigenvalue weighted by Crippen LogP contribution is -2.27. The maximum Gasteiger partial charge on any atom is 0.513 e. The van der Waals surface area contributed by atoms with E-state index in [1.165, 1.54) is 24.3 Å². The molecule has 2 aromatic carbocycles. The molecule has 28 heavy (non-hydrogen) atoms. The molecular formula is C21H24N2O5. The summed E-state index contributed by atoms with van der Waals surface area (Å²) < 4.78 is 9.65. The Bertz CT molecular complexity index is 854. The van der Waals surface area contributed by atoms with Crippen LogP contribution in [0.3, 0.4) is 0 Å². The summed E-state index contributed by atoms with van der Waals surface area (Å²) in [7, 11) is 0. The molecule has 2 rings (SSSR count). The van der Waals surface area contributed by atoms with Crippen LogP contribution in [-0.4, -0.2) is 24.6 Å². The molecule has 0 radical (unpaired) electrons. The van der Waals surface area contributed by atoms with Gasteiger partial charge in [-0.05, 0) is 49.4 Å². The molecule has 0 spiro atoms. The number of carbonyl (C=O) groups excluding carboxylic acids is 3. The third kappa shape index (κ3) is 6.12. The molecule has 7 nitrogen and oxygen atoms in total. The van der Waals surface area contributed by atoms with Crippen molar-refractivity contribution in [3.63, 3.8) is 0 Å². The number of ether oxygens (including phenoxy) is 2. The lowest BCUT2D eigenvalue weighted by Gasteiger charge is -2.18. The lowest BCUT2D eigenvalue weighted by atomic mass is 9.95. The molecule has 0 aliphatic carbocycles. The second-order valence-corrected chi connectivity index (χ2v) is 7.05. The van der Waals surface area contributed by atoms with Crippen molar-refractivity contribution in [2.24, 2.45) is 5.41 Å². The Kier molecular flexibility index (Phi) is 6.76. The van der Waals surface area contributed by atoms with E-state index in [2.05, 4.69) is 10.6 Å². The third-order valence-corrected chi connectivity index (χ3v) is 3.64. The highest BCUT2D eigenvalue weighted by atomic mass is 16.7. The quantitative estimate of drug-likeness (QED) is 0.586. The highest BCUT2D eigenvalue weighted by Gasteiger charge is 2.21. The number of rotatable bonds is 5. The SMILES string of the molecule is CCOC(=O)Oc1ccc(C(=O)Nc2cccc(NC(=O)C(C)(C)C)c2)cc1. The fraction of sp³-hybridized carbons (Fsp3) is 0.286. The van der Waals surface area contributed by atoms with Crippen molar-refractivity contribution in [3.05, 3.63) is 54.1 Å². The van der Waals surface area contributed by atoms with Crippen molar-refractivity contribution < 1.29 is 23.9 Å². The predicted octanol–water partition coefficient (Wildman–Crippen LogP) is 4.46. The van der Waals surface area contributed by atoms with Crippen LogP contribution in [0.2, 0.25) is 0 Å². The summed E-state index contributed by atoms with van der Waals surface area (Å²) in [6, 6.07) is 13.0. The Balaban J connectivity index is 2.02. The van der Waals surface area contributed by atoms with Crippen molar-refractivity contribution in [2.45, 2.75) is 27.7 Å². The maximum absolute atomic E-state index is 12.4. The summed E-state index contributed by atoms with van der Waals surface area (Å²) in [5.41, 5.74) is 1.01. The Morgan fingerprint density at radius 2 is 1.54 bits per heavy atom. The summed E-state index contributed by atoms with van der Waals surface area (Å²) in [6.07, 6.45) is -0.797. The summed E-state index contributed by atoms with van der Waals surface area (Å²) in [4.78, 5) is 35.8. The molecule has 0 bridgehead atoms. The van der Waals surface area contributed by atoms with Crippen LogP contribution in [0.25, 0.3) is 0 Å². The van der Waals surface area contributed by atoms with E-state index in [0.717, 1.165) is 0 Å². The number of anilines is 2. The van der Waals surface area contributed by atoms with E-state index in [0.29, 0.717) is 16.9 Å². The van der Waals surface area contributed by atoms with Crippen LogP contribution in [0.15, 0.2) is 48.5 Å². The van der Waals surface area contributed by atoms with Gasteiger partial charge < -0.3 is 20.1 Å². The van der Waals surface area contributed by atoms with Crippen molar-refractivity contribution in [1.82, 2.24) is 0 Å². The van der Waals surface area contributed by atoms with Gasteiger partial charge in [0.15, 0.2) is 0 Å². The summed E-state index contributed by atoms with van der Waals surface area (Å²) >= 11 is 0. The van der Waals surface area contributed by atoms with Crippen LogP contribution in [-0.2, 0) is 9.53 Å². The molecule has 0 atom stereocenters. The molecule has 0 aromatic heterocycles. The topological polar surface area (TPSA) is 93.7 Å².